The van der Waals surface area contributed by atoms with Gasteiger partial charge in [0.2, 0.25) is 0 Å². The average molecular weight is 326 g/mol. The van der Waals surface area contributed by atoms with Gasteiger partial charge in [0.1, 0.15) is 11.6 Å². The molecule has 98 valence electrons. The summed E-state index contributed by atoms with van der Waals surface area (Å²) in [4.78, 5) is 13.6. The third-order valence-corrected chi connectivity index (χ3v) is 3.51. The highest BCUT2D eigenvalue weighted by Gasteiger charge is 2.18. The molecular formula is C14H10BrF2NO. The number of benzene rings is 2. The first-order valence-corrected chi connectivity index (χ1v) is 6.27. The Labute approximate surface area is 117 Å². The van der Waals surface area contributed by atoms with E-state index in [9.17, 15) is 13.6 Å². The Bertz CT molecular complexity index is 613. The van der Waals surface area contributed by atoms with Crippen LogP contribution >= 0.6 is 15.9 Å². The van der Waals surface area contributed by atoms with Gasteiger partial charge in [-0.1, -0.05) is 6.07 Å². The Morgan fingerprint density at radius 2 is 1.74 bits per heavy atom. The molecule has 5 heteroatoms. The summed E-state index contributed by atoms with van der Waals surface area (Å²) in [7, 11) is 1.55. The van der Waals surface area contributed by atoms with E-state index in [1.165, 1.54) is 47.4 Å². The lowest BCUT2D eigenvalue weighted by Crippen LogP contribution is -2.26. The first kappa shape index (κ1) is 13.7. The van der Waals surface area contributed by atoms with Gasteiger partial charge >= 0.3 is 0 Å². The fraction of sp³-hybridized carbons (Fsp3) is 0.0714. The fourth-order valence-corrected chi connectivity index (χ4v) is 2.07. The standard InChI is InChI=1S/C14H10BrF2NO/c1-18(10-7-5-9(16)6-8-10)14(19)11-3-2-4-12(17)13(11)15/h2-8H,1H3. The molecule has 0 aliphatic heterocycles. The molecule has 0 atom stereocenters. The summed E-state index contributed by atoms with van der Waals surface area (Å²) >= 11 is 3.05. The van der Waals surface area contributed by atoms with Crippen molar-refractivity contribution in [3.05, 3.63) is 64.1 Å². The van der Waals surface area contributed by atoms with E-state index in [-0.39, 0.29) is 21.8 Å². The van der Waals surface area contributed by atoms with Gasteiger partial charge in [0.25, 0.3) is 5.91 Å². The van der Waals surface area contributed by atoms with E-state index >= 15 is 0 Å². The van der Waals surface area contributed by atoms with Crippen LogP contribution in [-0.4, -0.2) is 13.0 Å². The van der Waals surface area contributed by atoms with Crippen LogP contribution in [0.15, 0.2) is 46.9 Å². The van der Waals surface area contributed by atoms with Gasteiger partial charge in [-0.05, 0) is 52.3 Å². The average Bonchev–Trinajstić information content (AvgIpc) is 2.41. The van der Waals surface area contributed by atoms with Gasteiger partial charge in [-0.3, -0.25) is 4.79 Å². The Hall–Kier alpha value is -1.75. The second kappa shape index (κ2) is 5.48. The predicted molar refractivity (Wildman–Crippen MR) is 73.2 cm³/mol. The summed E-state index contributed by atoms with van der Waals surface area (Å²) in [5.41, 5.74) is 0.745. The number of carbonyl (C=O) groups excluding carboxylic acids is 1. The summed E-state index contributed by atoms with van der Waals surface area (Å²) in [5, 5.41) is 0. The molecular weight excluding hydrogens is 316 g/mol. The number of carbonyl (C=O) groups is 1. The summed E-state index contributed by atoms with van der Waals surface area (Å²) in [5.74, 6) is -1.26. The zero-order valence-corrected chi connectivity index (χ0v) is 11.6. The molecule has 0 unspecified atom stereocenters. The highest BCUT2D eigenvalue weighted by atomic mass is 79.9. The SMILES string of the molecule is CN(C(=O)c1cccc(F)c1Br)c1ccc(F)cc1. The number of rotatable bonds is 2. The summed E-state index contributed by atoms with van der Waals surface area (Å²) in [6, 6.07) is 9.75. The minimum atomic E-state index is -0.502. The molecule has 0 aliphatic rings. The van der Waals surface area contributed by atoms with Gasteiger partial charge < -0.3 is 4.90 Å². The zero-order chi connectivity index (χ0) is 14.0. The normalized spacial score (nSPS) is 10.3. The minimum Gasteiger partial charge on any atom is -0.311 e. The topological polar surface area (TPSA) is 20.3 Å². The number of hydrogen-bond donors (Lipinski definition) is 0. The zero-order valence-electron chi connectivity index (χ0n) is 10.0. The van der Waals surface area contributed by atoms with E-state index in [0.717, 1.165) is 0 Å². The van der Waals surface area contributed by atoms with Gasteiger partial charge in [-0.2, -0.15) is 0 Å². The van der Waals surface area contributed by atoms with Gasteiger partial charge in [0.05, 0.1) is 10.0 Å². The lowest BCUT2D eigenvalue weighted by atomic mass is 10.2. The van der Waals surface area contributed by atoms with E-state index in [4.69, 9.17) is 0 Å². The van der Waals surface area contributed by atoms with Crippen molar-refractivity contribution in [3.63, 3.8) is 0 Å². The molecule has 2 aromatic rings. The lowest BCUT2D eigenvalue weighted by molar-refractivity contribution is 0.0991. The van der Waals surface area contributed by atoms with E-state index in [1.807, 2.05) is 0 Å². The molecule has 0 saturated heterocycles. The smallest absolute Gasteiger partial charge is 0.259 e. The second-order valence-electron chi connectivity index (χ2n) is 3.94. The van der Waals surface area contributed by atoms with E-state index < -0.39 is 5.82 Å². The maximum Gasteiger partial charge on any atom is 0.259 e. The van der Waals surface area contributed by atoms with Crippen LogP contribution in [0.4, 0.5) is 14.5 Å². The molecule has 0 saturated carbocycles. The van der Waals surface area contributed by atoms with Crippen molar-refractivity contribution in [2.75, 3.05) is 11.9 Å². The maximum absolute atomic E-state index is 13.4. The summed E-state index contributed by atoms with van der Waals surface area (Å²) < 4.78 is 26.3. The van der Waals surface area contributed by atoms with Crippen LogP contribution in [-0.2, 0) is 0 Å². The Kier molecular flexibility index (Phi) is 3.95. The molecule has 0 fully saturated rings. The first-order chi connectivity index (χ1) is 9.00. The van der Waals surface area contributed by atoms with E-state index in [1.54, 1.807) is 7.05 Å². The Balaban J connectivity index is 2.33. The second-order valence-corrected chi connectivity index (χ2v) is 4.73. The molecule has 0 aliphatic carbocycles. The molecule has 0 heterocycles. The van der Waals surface area contributed by atoms with Crippen molar-refractivity contribution in [2.24, 2.45) is 0 Å². The van der Waals surface area contributed by atoms with Gasteiger partial charge in [-0.15, -0.1) is 0 Å². The van der Waals surface area contributed by atoms with Crippen LogP contribution in [0.25, 0.3) is 0 Å². The molecule has 2 rings (SSSR count). The van der Waals surface area contributed by atoms with Crippen molar-refractivity contribution in [3.8, 4) is 0 Å². The quantitative estimate of drug-likeness (QED) is 0.817. The van der Waals surface area contributed by atoms with Crippen LogP contribution in [0.3, 0.4) is 0 Å². The number of nitrogens with zero attached hydrogens (tertiary/aromatic N) is 1. The lowest BCUT2D eigenvalue weighted by Gasteiger charge is -2.18. The summed E-state index contributed by atoms with van der Waals surface area (Å²) in [6.07, 6.45) is 0. The van der Waals surface area contributed by atoms with Crippen molar-refractivity contribution in [1.82, 2.24) is 0 Å². The monoisotopic (exact) mass is 325 g/mol. The molecule has 0 bridgehead atoms. The van der Waals surface area contributed by atoms with E-state index in [2.05, 4.69) is 15.9 Å². The molecule has 19 heavy (non-hydrogen) atoms. The van der Waals surface area contributed by atoms with Gasteiger partial charge in [0, 0.05) is 12.7 Å². The number of hydrogen-bond acceptors (Lipinski definition) is 1. The van der Waals surface area contributed by atoms with Gasteiger partial charge in [-0.25, -0.2) is 8.78 Å². The highest BCUT2D eigenvalue weighted by Crippen LogP contribution is 2.23. The molecule has 2 nitrogen and oxygen atoms in total. The Morgan fingerprint density at radius 3 is 2.37 bits per heavy atom. The third-order valence-electron chi connectivity index (χ3n) is 2.70. The molecule has 0 spiro atoms. The van der Waals surface area contributed by atoms with Crippen molar-refractivity contribution < 1.29 is 13.6 Å². The molecule has 1 amide bonds. The van der Waals surface area contributed by atoms with Crippen LogP contribution in [0.2, 0.25) is 0 Å². The van der Waals surface area contributed by atoms with E-state index in [0.29, 0.717) is 5.69 Å². The third kappa shape index (κ3) is 2.81. The van der Waals surface area contributed by atoms with Crippen LogP contribution < -0.4 is 4.90 Å². The largest absolute Gasteiger partial charge is 0.311 e. The molecule has 0 aromatic heterocycles. The number of halogens is 3. The van der Waals surface area contributed by atoms with Crippen molar-refractivity contribution in [1.29, 1.82) is 0 Å². The number of amides is 1. The van der Waals surface area contributed by atoms with Crippen LogP contribution in [0.1, 0.15) is 10.4 Å². The molecule has 0 N–H and O–H groups in total. The highest BCUT2D eigenvalue weighted by molar-refractivity contribution is 9.10. The van der Waals surface area contributed by atoms with Crippen molar-refractivity contribution in [2.45, 2.75) is 0 Å². The predicted octanol–water partition coefficient (Wildman–Crippen LogP) is 4.00. The first-order valence-electron chi connectivity index (χ1n) is 5.48. The van der Waals surface area contributed by atoms with Gasteiger partial charge in [0.15, 0.2) is 0 Å². The van der Waals surface area contributed by atoms with Crippen molar-refractivity contribution >= 4 is 27.5 Å². The minimum absolute atomic E-state index is 0.119. The van der Waals surface area contributed by atoms with Crippen LogP contribution in [0, 0.1) is 11.6 Å². The molecule has 0 radical (unpaired) electrons. The maximum atomic E-state index is 13.4. The molecule has 2 aromatic carbocycles. The fourth-order valence-electron chi connectivity index (χ4n) is 1.63. The Morgan fingerprint density at radius 1 is 1.11 bits per heavy atom. The summed E-state index contributed by atoms with van der Waals surface area (Å²) in [6.45, 7) is 0. The van der Waals surface area contributed by atoms with Crippen LogP contribution in [0.5, 0.6) is 0 Å². The number of anilines is 1.